The maximum absolute atomic E-state index is 12.5. The lowest BCUT2D eigenvalue weighted by atomic mass is 9.93. The molecule has 3 fully saturated rings. The molecule has 0 atom stereocenters. The van der Waals surface area contributed by atoms with E-state index in [2.05, 4.69) is 15.1 Å². The quantitative estimate of drug-likeness (QED) is 0.782. The number of hydrogen-bond acceptors (Lipinski definition) is 4. The first-order chi connectivity index (χ1) is 9.31. The number of fused-ring (bicyclic) bond motifs is 1. The lowest BCUT2D eigenvalue weighted by Crippen LogP contribution is -2.53. The number of carbonyl (C=O) groups is 1. The Bertz CT molecular complexity index is 319. The first-order valence-electron chi connectivity index (χ1n) is 7.65. The summed E-state index contributed by atoms with van der Waals surface area (Å²) in [5, 5.41) is 3.17. The van der Waals surface area contributed by atoms with E-state index >= 15 is 0 Å². The zero-order chi connectivity index (χ0) is 13.1. The van der Waals surface area contributed by atoms with Crippen LogP contribution in [-0.4, -0.2) is 73.7 Å². The number of rotatable bonds is 4. The number of nitrogens with one attached hydrogen (secondary N) is 1. The molecule has 1 amide bonds. The summed E-state index contributed by atoms with van der Waals surface area (Å²) >= 11 is 0. The van der Waals surface area contributed by atoms with Crippen LogP contribution in [0.15, 0.2) is 0 Å². The lowest BCUT2D eigenvalue weighted by molar-refractivity contribution is -0.130. The van der Waals surface area contributed by atoms with Crippen LogP contribution in [-0.2, 0) is 9.53 Å². The van der Waals surface area contributed by atoms with E-state index in [-0.39, 0.29) is 11.4 Å². The highest BCUT2D eigenvalue weighted by molar-refractivity contribution is 5.87. The topological polar surface area (TPSA) is 44.8 Å². The zero-order valence-electron chi connectivity index (χ0n) is 11.7. The molecule has 5 nitrogen and oxygen atoms in total. The van der Waals surface area contributed by atoms with Crippen molar-refractivity contribution < 1.29 is 9.53 Å². The normalized spacial score (nSPS) is 27.4. The number of morpholine rings is 1. The summed E-state index contributed by atoms with van der Waals surface area (Å²) in [7, 11) is 0. The largest absolute Gasteiger partial charge is 0.379 e. The molecule has 0 bridgehead atoms. The molecule has 0 spiro atoms. The van der Waals surface area contributed by atoms with Gasteiger partial charge in [-0.05, 0) is 38.8 Å². The highest BCUT2D eigenvalue weighted by atomic mass is 16.5. The minimum Gasteiger partial charge on any atom is -0.379 e. The second-order valence-corrected chi connectivity index (χ2v) is 5.94. The van der Waals surface area contributed by atoms with Gasteiger partial charge in [-0.15, -0.1) is 0 Å². The number of nitrogens with zero attached hydrogens (tertiary/aromatic N) is 2. The predicted octanol–water partition coefficient (Wildman–Crippen LogP) is 0.0632. The third kappa shape index (κ3) is 2.64. The van der Waals surface area contributed by atoms with Crippen molar-refractivity contribution in [1.29, 1.82) is 0 Å². The van der Waals surface area contributed by atoms with Crippen LogP contribution < -0.4 is 5.32 Å². The second-order valence-electron chi connectivity index (χ2n) is 5.94. The summed E-state index contributed by atoms with van der Waals surface area (Å²) in [6.45, 7) is 7.57. The van der Waals surface area contributed by atoms with Crippen LogP contribution in [0.1, 0.15) is 25.7 Å². The van der Waals surface area contributed by atoms with Gasteiger partial charge in [-0.1, -0.05) is 0 Å². The Kier molecular flexibility index (Phi) is 4.05. The summed E-state index contributed by atoms with van der Waals surface area (Å²) in [4.78, 5) is 17.3. The smallest absolute Gasteiger partial charge is 0.240 e. The van der Waals surface area contributed by atoms with Crippen LogP contribution in [0.25, 0.3) is 0 Å². The van der Waals surface area contributed by atoms with Crippen molar-refractivity contribution in [3.05, 3.63) is 0 Å². The molecule has 0 aromatic rings. The number of carbonyl (C=O) groups excluding carboxylic acids is 1. The highest BCUT2D eigenvalue weighted by Gasteiger charge is 2.49. The SMILES string of the molecule is O=C(NCCN1CCOCC1)C12CCCN1CCC2. The molecule has 3 heterocycles. The van der Waals surface area contributed by atoms with Crippen LogP contribution in [0.4, 0.5) is 0 Å². The first kappa shape index (κ1) is 13.3. The van der Waals surface area contributed by atoms with Gasteiger partial charge in [0.05, 0.1) is 13.2 Å². The summed E-state index contributed by atoms with van der Waals surface area (Å²) < 4.78 is 5.33. The maximum atomic E-state index is 12.5. The molecule has 3 saturated heterocycles. The third-order valence-electron chi connectivity index (χ3n) is 4.88. The fraction of sp³-hybridized carbons (Fsp3) is 0.929. The fourth-order valence-corrected chi connectivity index (χ4v) is 3.79. The molecule has 108 valence electrons. The van der Waals surface area contributed by atoms with E-state index in [1.54, 1.807) is 0 Å². The standard InChI is InChI=1S/C14H25N3O2/c18-13(14-3-1-6-17(14)7-2-4-14)15-5-8-16-9-11-19-12-10-16/h1-12H2,(H,15,18). The van der Waals surface area contributed by atoms with Gasteiger partial charge >= 0.3 is 0 Å². The Labute approximate surface area is 115 Å². The van der Waals surface area contributed by atoms with Gasteiger partial charge in [0.1, 0.15) is 5.54 Å². The molecule has 3 rings (SSSR count). The number of hydrogen-bond donors (Lipinski definition) is 1. The summed E-state index contributed by atoms with van der Waals surface area (Å²) in [6, 6.07) is 0. The molecule has 0 radical (unpaired) electrons. The first-order valence-corrected chi connectivity index (χ1v) is 7.65. The van der Waals surface area contributed by atoms with E-state index in [1.165, 1.54) is 12.8 Å². The van der Waals surface area contributed by atoms with Gasteiger partial charge in [0.25, 0.3) is 0 Å². The van der Waals surface area contributed by atoms with Gasteiger partial charge in [0.2, 0.25) is 5.91 Å². The second kappa shape index (κ2) is 5.77. The third-order valence-corrected chi connectivity index (χ3v) is 4.88. The van der Waals surface area contributed by atoms with Crippen LogP contribution in [0, 0.1) is 0 Å². The Morgan fingerprint density at radius 3 is 2.47 bits per heavy atom. The zero-order valence-corrected chi connectivity index (χ0v) is 11.7. The highest BCUT2D eigenvalue weighted by Crippen LogP contribution is 2.38. The molecular formula is C14H25N3O2. The summed E-state index contributed by atoms with van der Waals surface area (Å²) in [6.07, 6.45) is 4.46. The predicted molar refractivity (Wildman–Crippen MR) is 73.0 cm³/mol. The Morgan fingerprint density at radius 2 is 1.79 bits per heavy atom. The monoisotopic (exact) mass is 267 g/mol. The van der Waals surface area contributed by atoms with Crippen LogP contribution >= 0.6 is 0 Å². The Hall–Kier alpha value is -0.650. The summed E-state index contributed by atoms with van der Waals surface area (Å²) in [5.74, 6) is 0.274. The number of amides is 1. The molecule has 5 heteroatoms. The van der Waals surface area contributed by atoms with Crippen molar-refractivity contribution in [3.8, 4) is 0 Å². The molecule has 0 unspecified atom stereocenters. The lowest BCUT2D eigenvalue weighted by Gasteiger charge is -2.31. The van der Waals surface area contributed by atoms with Crippen LogP contribution in [0.2, 0.25) is 0 Å². The molecular weight excluding hydrogens is 242 g/mol. The van der Waals surface area contributed by atoms with Crippen molar-refractivity contribution in [3.63, 3.8) is 0 Å². The van der Waals surface area contributed by atoms with E-state index in [1.807, 2.05) is 0 Å². The van der Waals surface area contributed by atoms with E-state index in [9.17, 15) is 4.79 Å². The van der Waals surface area contributed by atoms with Gasteiger partial charge in [0.15, 0.2) is 0 Å². The summed E-state index contributed by atoms with van der Waals surface area (Å²) in [5.41, 5.74) is -0.148. The van der Waals surface area contributed by atoms with E-state index in [4.69, 9.17) is 4.74 Å². The van der Waals surface area contributed by atoms with Crippen molar-refractivity contribution in [2.45, 2.75) is 31.2 Å². The van der Waals surface area contributed by atoms with E-state index in [0.717, 1.165) is 65.3 Å². The van der Waals surface area contributed by atoms with Crippen LogP contribution in [0.5, 0.6) is 0 Å². The molecule has 0 aromatic heterocycles. The van der Waals surface area contributed by atoms with Gasteiger partial charge in [-0.25, -0.2) is 0 Å². The van der Waals surface area contributed by atoms with E-state index < -0.39 is 0 Å². The molecule has 0 aliphatic carbocycles. The molecule has 0 aromatic carbocycles. The van der Waals surface area contributed by atoms with Gasteiger partial charge in [-0.3, -0.25) is 14.6 Å². The molecule has 19 heavy (non-hydrogen) atoms. The van der Waals surface area contributed by atoms with Crippen molar-refractivity contribution in [2.24, 2.45) is 0 Å². The molecule has 1 N–H and O–H groups in total. The van der Waals surface area contributed by atoms with Gasteiger partial charge < -0.3 is 10.1 Å². The minimum absolute atomic E-state index is 0.148. The van der Waals surface area contributed by atoms with Gasteiger partial charge in [-0.2, -0.15) is 0 Å². The fourth-order valence-electron chi connectivity index (χ4n) is 3.79. The van der Waals surface area contributed by atoms with Crippen LogP contribution in [0.3, 0.4) is 0 Å². The van der Waals surface area contributed by atoms with E-state index in [0.29, 0.717) is 0 Å². The van der Waals surface area contributed by atoms with Crippen molar-refractivity contribution in [1.82, 2.24) is 15.1 Å². The maximum Gasteiger partial charge on any atom is 0.240 e. The Balaban J connectivity index is 1.46. The molecule has 3 aliphatic heterocycles. The molecule has 3 aliphatic rings. The average molecular weight is 267 g/mol. The average Bonchev–Trinajstić information content (AvgIpc) is 3.00. The molecule has 0 saturated carbocycles. The minimum atomic E-state index is -0.148. The van der Waals surface area contributed by atoms with Gasteiger partial charge in [0, 0.05) is 26.2 Å². The van der Waals surface area contributed by atoms with Crippen molar-refractivity contribution in [2.75, 3.05) is 52.5 Å². The van der Waals surface area contributed by atoms with Crippen molar-refractivity contribution >= 4 is 5.91 Å². The number of ether oxygens (including phenoxy) is 1. The Morgan fingerprint density at radius 1 is 1.11 bits per heavy atom.